The quantitative estimate of drug-likeness (QED) is 0.840. The van der Waals surface area contributed by atoms with Crippen molar-refractivity contribution in [3.63, 3.8) is 0 Å². The molecule has 1 aromatic heterocycles. The van der Waals surface area contributed by atoms with Crippen molar-refractivity contribution in [2.24, 2.45) is 0 Å². The first-order valence-corrected chi connectivity index (χ1v) is 3.94. The second kappa shape index (κ2) is 4.48. The van der Waals surface area contributed by atoms with Gasteiger partial charge in [0.25, 0.3) is 0 Å². The minimum atomic E-state index is -2.99. The van der Waals surface area contributed by atoms with E-state index in [1.807, 2.05) is 0 Å². The molecular weight excluding hydrogens is 248 g/mol. The standard InChI is InChI=1S/C7H6BrF2NO2/c8-6-5(13-7(9)10)2-1-4(3-12)11-6/h1-2,7,12H,3H2/i3D2. The molecular formula is C7H6BrF2NO2. The van der Waals surface area contributed by atoms with Crippen LogP contribution in [0.15, 0.2) is 16.7 Å². The highest BCUT2D eigenvalue weighted by Gasteiger charge is 2.09. The van der Waals surface area contributed by atoms with Gasteiger partial charge in [0.2, 0.25) is 0 Å². The number of aliphatic hydroxyl groups is 1. The van der Waals surface area contributed by atoms with E-state index in [-0.39, 0.29) is 16.0 Å². The van der Waals surface area contributed by atoms with Crippen LogP contribution in [0.2, 0.25) is 0 Å². The first-order valence-electron chi connectivity index (χ1n) is 4.15. The molecule has 0 aromatic carbocycles. The van der Waals surface area contributed by atoms with Gasteiger partial charge in [-0.15, -0.1) is 0 Å². The number of pyridine rings is 1. The number of rotatable bonds is 3. The lowest BCUT2D eigenvalue weighted by molar-refractivity contribution is -0.0506. The minimum Gasteiger partial charge on any atom is -0.432 e. The van der Waals surface area contributed by atoms with Gasteiger partial charge >= 0.3 is 6.61 Å². The van der Waals surface area contributed by atoms with Crippen molar-refractivity contribution >= 4 is 15.9 Å². The molecule has 3 nitrogen and oxygen atoms in total. The molecule has 0 atom stereocenters. The van der Waals surface area contributed by atoms with E-state index < -0.39 is 13.2 Å². The summed E-state index contributed by atoms with van der Waals surface area (Å²) in [4.78, 5) is 3.53. The molecule has 72 valence electrons. The van der Waals surface area contributed by atoms with Gasteiger partial charge in [-0.3, -0.25) is 0 Å². The highest BCUT2D eigenvalue weighted by atomic mass is 79.9. The van der Waals surface area contributed by atoms with Crippen LogP contribution in [0.4, 0.5) is 8.78 Å². The number of ether oxygens (including phenoxy) is 1. The second-order valence-electron chi connectivity index (χ2n) is 1.98. The zero-order valence-corrected chi connectivity index (χ0v) is 7.75. The molecule has 0 aliphatic heterocycles. The number of aromatic nitrogens is 1. The lowest BCUT2D eigenvalue weighted by atomic mass is 10.3. The van der Waals surface area contributed by atoms with E-state index in [0.717, 1.165) is 12.1 Å². The average molecular weight is 256 g/mol. The topological polar surface area (TPSA) is 42.4 Å². The van der Waals surface area contributed by atoms with Crippen molar-refractivity contribution in [3.05, 3.63) is 22.4 Å². The van der Waals surface area contributed by atoms with Crippen LogP contribution in [0.3, 0.4) is 0 Å². The SMILES string of the molecule is [2H]C([2H])(O)c1ccc(OC(F)F)c(Br)n1. The third-order valence-electron chi connectivity index (χ3n) is 1.15. The third kappa shape index (κ3) is 2.89. The number of halogens is 3. The van der Waals surface area contributed by atoms with Crippen LogP contribution >= 0.6 is 15.9 Å². The smallest absolute Gasteiger partial charge is 0.387 e. The molecule has 1 rings (SSSR count). The summed E-state index contributed by atoms with van der Waals surface area (Å²) in [5.74, 6) is -0.224. The monoisotopic (exact) mass is 255 g/mol. The zero-order valence-electron chi connectivity index (χ0n) is 8.17. The average Bonchev–Trinajstić information content (AvgIpc) is 2.05. The van der Waals surface area contributed by atoms with Crippen LogP contribution in [-0.2, 0) is 6.56 Å². The summed E-state index contributed by atoms with van der Waals surface area (Å²) >= 11 is 2.82. The molecule has 0 saturated carbocycles. The summed E-state index contributed by atoms with van der Waals surface area (Å²) in [5, 5.41) is 8.95. The summed E-state index contributed by atoms with van der Waals surface area (Å²) in [6.45, 7) is -5.61. The lowest BCUT2D eigenvalue weighted by Crippen LogP contribution is -2.03. The highest BCUT2D eigenvalue weighted by Crippen LogP contribution is 2.24. The van der Waals surface area contributed by atoms with Gasteiger partial charge in [0, 0.05) is 0 Å². The molecule has 0 bridgehead atoms. The van der Waals surface area contributed by atoms with Crippen molar-refractivity contribution in [3.8, 4) is 5.75 Å². The Morgan fingerprint density at radius 3 is 2.85 bits per heavy atom. The first-order chi connectivity index (χ1) is 6.80. The Kier molecular flexibility index (Phi) is 2.63. The third-order valence-corrected chi connectivity index (χ3v) is 1.71. The molecule has 0 saturated heterocycles. The molecule has 1 aromatic rings. The Morgan fingerprint density at radius 1 is 1.69 bits per heavy atom. The number of nitrogens with zero attached hydrogens (tertiary/aromatic N) is 1. The minimum absolute atomic E-state index is 0.0989. The fraction of sp³-hybridized carbons (Fsp3) is 0.286. The van der Waals surface area contributed by atoms with Crippen molar-refractivity contribution < 1.29 is 21.4 Å². The van der Waals surface area contributed by atoms with Gasteiger partial charge in [0.05, 0.1) is 15.0 Å². The summed E-state index contributed by atoms with van der Waals surface area (Å²) in [5.41, 5.74) is -0.295. The Labute approximate surface area is 84.3 Å². The van der Waals surface area contributed by atoms with Crippen molar-refractivity contribution in [1.82, 2.24) is 4.98 Å². The first kappa shape index (κ1) is 7.64. The summed E-state index contributed by atoms with van der Waals surface area (Å²) in [7, 11) is 0. The van der Waals surface area contributed by atoms with E-state index in [4.69, 9.17) is 7.85 Å². The van der Waals surface area contributed by atoms with Crippen LogP contribution in [0.25, 0.3) is 0 Å². The largest absolute Gasteiger partial charge is 0.432 e. The number of hydrogen-bond donors (Lipinski definition) is 1. The van der Waals surface area contributed by atoms with Gasteiger partial charge in [-0.1, -0.05) is 0 Å². The zero-order chi connectivity index (χ0) is 11.6. The maximum absolute atomic E-state index is 11.8. The highest BCUT2D eigenvalue weighted by molar-refractivity contribution is 9.10. The maximum Gasteiger partial charge on any atom is 0.387 e. The molecule has 1 heterocycles. The lowest BCUT2D eigenvalue weighted by Gasteiger charge is -2.06. The second-order valence-corrected chi connectivity index (χ2v) is 2.73. The van der Waals surface area contributed by atoms with Gasteiger partial charge in [0.15, 0.2) is 5.75 Å². The molecule has 1 N–H and O–H groups in total. The summed E-state index contributed by atoms with van der Waals surface area (Å²) in [6.07, 6.45) is 0. The fourth-order valence-electron chi connectivity index (χ4n) is 0.668. The molecule has 0 fully saturated rings. The Balaban J connectivity index is 2.98. The summed E-state index contributed by atoms with van der Waals surface area (Å²) < 4.78 is 41.5. The van der Waals surface area contributed by atoms with Crippen LogP contribution in [-0.4, -0.2) is 16.7 Å². The van der Waals surface area contributed by atoms with E-state index in [1.54, 1.807) is 0 Å². The molecule has 0 aliphatic rings. The molecule has 0 radical (unpaired) electrons. The van der Waals surface area contributed by atoms with Gasteiger partial charge in [0.1, 0.15) is 4.60 Å². The van der Waals surface area contributed by atoms with E-state index in [9.17, 15) is 8.78 Å². The predicted octanol–water partition coefficient (Wildman–Crippen LogP) is 1.94. The van der Waals surface area contributed by atoms with E-state index in [0.29, 0.717) is 0 Å². The molecule has 13 heavy (non-hydrogen) atoms. The molecule has 0 spiro atoms. The van der Waals surface area contributed by atoms with Crippen molar-refractivity contribution in [2.45, 2.75) is 13.2 Å². The molecule has 6 heteroatoms. The van der Waals surface area contributed by atoms with Gasteiger partial charge in [-0.2, -0.15) is 8.78 Å². The number of alkyl halides is 2. The van der Waals surface area contributed by atoms with Gasteiger partial charge in [-0.25, -0.2) is 4.98 Å². The molecule has 0 unspecified atom stereocenters. The van der Waals surface area contributed by atoms with E-state index in [1.165, 1.54) is 0 Å². The van der Waals surface area contributed by atoms with Gasteiger partial charge < -0.3 is 9.84 Å². The molecule has 0 amide bonds. The van der Waals surface area contributed by atoms with E-state index >= 15 is 0 Å². The van der Waals surface area contributed by atoms with Crippen LogP contribution in [0.5, 0.6) is 5.75 Å². The van der Waals surface area contributed by atoms with Gasteiger partial charge in [-0.05, 0) is 28.1 Å². The van der Waals surface area contributed by atoms with Crippen LogP contribution in [0, 0.1) is 0 Å². The predicted molar refractivity (Wildman–Crippen MR) is 44.5 cm³/mol. The maximum atomic E-state index is 11.8. The fourth-order valence-corrected chi connectivity index (χ4v) is 1.08. The van der Waals surface area contributed by atoms with Crippen molar-refractivity contribution in [2.75, 3.05) is 0 Å². The van der Waals surface area contributed by atoms with E-state index in [2.05, 4.69) is 25.7 Å². The molecule has 0 aliphatic carbocycles. The van der Waals surface area contributed by atoms with Crippen LogP contribution < -0.4 is 4.74 Å². The Morgan fingerprint density at radius 2 is 2.38 bits per heavy atom. The summed E-state index contributed by atoms with van der Waals surface area (Å²) in [6, 6.07) is 2.15. The Bertz CT molecular complexity index is 359. The van der Waals surface area contributed by atoms with Crippen LogP contribution in [0.1, 0.15) is 8.44 Å². The Hall–Kier alpha value is -0.750. The normalized spacial score (nSPS) is 13.9. The van der Waals surface area contributed by atoms with Crippen molar-refractivity contribution in [1.29, 1.82) is 0 Å². The number of hydrogen-bond acceptors (Lipinski definition) is 3.